The van der Waals surface area contributed by atoms with E-state index in [2.05, 4.69) is 20.9 Å². The lowest BCUT2D eigenvalue weighted by Gasteiger charge is -2.37. The summed E-state index contributed by atoms with van der Waals surface area (Å²) in [5.74, 6) is 0.861. The van der Waals surface area contributed by atoms with Gasteiger partial charge < -0.3 is 20.9 Å². The summed E-state index contributed by atoms with van der Waals surface area (Å²) in [5.41, 5.74) is 5.85. The van der Waals surface area contributed by atoms with E-state index >= 15 is 0 Å². The topological polar surface area (TPSA) is 129 Å². The zero-order valence-corrected chi connectivity index (χ0v) is 19.6. The molecule has 0 spiro atoms. The molecule has 5 rings (SSSR count). The average molecular weight is 469 g/mol. The van der Waals surface area contributed by atoms with Crippen LogP contribution in [0.4, 0.5) is 5.82 Å². The number of para-hydroxylation sites is 1. The second-order valence-electron chi connectivity index (χ2n) is 9.01. The van der Waals surface area contributed by atoms with Crippen LogP contribution in [0.25, 0.3) is 22.3 Å². The Labute approximate surface area is 192 Å². The molecule has 0 radical (unpaired) electrons. The monoisotopic (exact) mass is 468 g/mol. The van der Waals surface area contributed by atoms with Crippen molar-refractivity contribution < 1.29 is 13.2 Å². The number of aromatic nitrogens is 3. The Morgan fingerprint density at radius 3 is 2.73 bits per heavy atom. The minimum Gasteiger partial charge on any atom is -0.366 e. The number of amides is 1. The van der Waals surface area contributed by atoms with Crippen molar-refractivity contribution in [2.75, 3.05) is 30.4 Å². The van der Waals surface area contributed by atoms with Crippen LogP contribution in [0, 0.1) is 6.92 Å². The van der Waals surface area contributed by atoms with Crippen molar-refractivity contribution in [2.45, 2.75) is 38.3 Å². The average Bonchev–Trinajstić information content (AvgIpc) is 3.16. The SMILES string of the molecule is Cc1nc2cccc(-c3cc4c([nH]3)CCNC4=O)c2nc1NC1CC(NCCS(C)(=O)=O)C1. The molecule has 3 heterocycles. The fraction of sp³-hybridized carbons (Fsp3) is 0.435. The van der Waals surface area contributed by atoms with Gasteiger partial charge in [0.2, 0.25) is 0 Å². The highest BCUT2D eigenvalue weighted by Crippen LogP contribution is 2.31. The first-order valence-electron chi connectivity index (χ1n) is 11.2. The molecule has 1 aliphatic carbocycles. The maximum atomic E-state index is 12.2. The normalized spacial score (nSPS) is 20.2. The van der Waals surface area contributed by atoms with Gasteiger partial charge in [-0.15, -0.1) is 0 Å². The van der Waals surface area contributed by atoms with Crippen LogP contribution in [0.2, 0.25) is 0 Å². The molecule has 1 fully saturated rings. The van der Waals surface area contributed by atoms with Crippen molar-refractivity contribution >= 4 is 32.6 Å². The van der Waals surface area contributed by atoms with E-state index in [1.165, 1.54) is 6.26 Å². The molecular formula is C23H28N6O3S. The maximum Gasteiger partial charge on any atom is 0.253 e. The Hall–Kier alpha value is -2.98. The molecule has 0 atom stereocenters. The highest BCUT2D eigenvalue weighted by molar-refractivity contribution is 7.90. The third-order valence-corrected chi connectivity index (χ3v) is 7.29. The van der Waals surface area contributed by atoms with Crippen LogP contribution in [0.1, 0.15) is 34.6 Å². The first-order valence-corrected chi connectivity index (χ1v) is 13.3. The molecule has 4 N–H and O–H groups in total. The number of aryl methyl sites for hydroxylation is 1. The molecule has 0 bridgehead atoms. The van der Waals surface area contributed by atoms with Crippen LogP contribution >= 0.6 is 0 Å². The molecule has 1 amide bonds. The smallest absolute Gasteiger partial charge is 0.253 e. The van der Waals surface area contributed by atoms with Crippen molar-refractivity contribution in [1.82, 2.24) is 25.6 Å². The molecule has 1 aliphatic heterocycles. The standard InChI is InChI=1S/C23H28N6O3S/c1-13-22(27-15-10-14(11-15)24-8-9-33(2,31)32)29-21-16(4-3-5-19(21)26-13)20-12-17-18(28-20)6-7-25-23(17)30/h3-5,12,14-15,24,28H,6-11H2,1-2H3,(H,25,30)(H,27,29). The largest absolute Gasteiger partial charge is 0.366 e. The van der Waals surface area contributed by atoms with Gasteiger partial charge in [-0.2, -0.15) is 0 Å². The van der Waals surface area contributed by atoms with E-state index in [0.29, 0.717) is 24.7 Å². The van der Waals surface area contributed by atoms with E-state index in [1.807, 2.05) is 31.2 Å². The molecule has 33 heavy (non-hydrogen) atoms. The summed E-state index contributed by atoms with van der Waals surface area (Å²) in [5, 5.41) is 9.69. The van der Waals surface area contributed by atoms with Crippen LogP contribution in [-0.2, 0) is 16.3 Å². The van der Waals surface area contributed by atoms with Crippen LogP contribution in [0.3, 0.4) is 0 Å². The predicted molar refractivity (Wildman–Crippen MR) is 128 cm³/mol. The Morgan fingerprint density at radius 2 is 1.97 bits per heavy atom. The van der Waals surface area contributed by atoms with Gasteiger partial charge in [-0.3, -0.25) is 4.79 Å². The van der Waals surface area contributed by atoms with Crippen molar-refractivity contribution in [2.24, 2.45) is 0 Å². The number of carbonyl (C=O) groups is 1. The van der Waals surface area contributed by atoms with Gasteiger partial charge in [-0.1, -0.05) is 12.1 Å². The maximum absolute atomic E-state index is 12.2. The molecule has 0 unspecified atom stereocenters. The summed E-state index contributed by atoms with van der Waals surface area (Å²) in [7, 11) is -2.94. The van der Waals surface area contributed by atoms with Gasteiger partial charge in [-0.25, -0.2) is 18.4 Å². The molecule has 1 saturated carbocycles. The minimum atomic E-state index is -2.94. The zero-order valence-electron chi connectivity index (χ0n) is 18.7. The lowest BCUT2D eigenvalue weighted by atomic mass is 9.86. The van der Waals surface area contributed by atoms with Gasteiger partial charge in [0.1, 0.15) is 21.2 Å². The molecule has 1 aromatic carbocycles. The van der Waals surface area contributed by atoms with Crippen molar-refractivity contribution in [1.29, 1.82) is 0 Å². The zero-order chi connectivity index (χ0) is 23.2. The Bertz CT molecular complexity index is 1330. The molecule has 2 aliphatic rings. The molecular weight excluding hydrogens is 440 g/mol. The minimum absolute atomic E-state index is 0.0482. The van der Waals surface area contributed by atoms with Crippen molar-refractivity contribution in [3.8, 4) is 11.3 Å². The van der Waals surface area contributed by atoms with Crippen LogP contribution in [0.5, 0.6) is 0 Å². The number of carbonyl (C=O) groups excluding carboxylic acids is 1. The van der Waals surface area contributed by atoms with Crippen LogP contribution in [0.15, 0.2) is 24.3 Å². The second kappa shape index (κ2) is 8.42. The third-order valence-electron chi connectivity index (χ3n) is 6.35. The Kier molecular flexibility index (Phi) is 5.57. The second-order valence-corrected chi connectivity index (χ2v) is 11.3. The summed E-state index contributed by atoms with van der Waals surface area (Å²) >= 11 is 0. The number of anilines is 1. The van der Waals surface area contributed by atoms with E-state index in [9.17, 15) is 13.2 Å². The van der Waals surface area contributed by atoms with E-state index in [1.54, 1.807) is 0 Å². The Balaban J connectivity index is 1.34. The van der Waals surface area contributed by atoms with Gasteiger partial charge in [0.05, 0.1) is 22.5 Å². The van der Waals surface area contributed by atoms with Crippen molar-refractivity contribution in [3.63, 3.8) is 0 Å². The number of hydrogen-bond donors (Lipinski definition) is 4. The van der Waals surface area contributed by atoms with Gasteiger partial charge in [0, 0.05) is 54.8 Å². The fourth-order valence-electron chi connectivity index (χ4n) is 4.50. The lowest BCUT2D eigenvalue weighted by Crippen LogP contribution is -2.48. The van der Waals surface area contributed by atoms with E-state index in [-0.39, 0.29) is 17.7 Å². The summed E-state index contributed by atoms with van der Waals surface area (Å²) in [6, 6.07) is 8.37. The third kappa shape index (κ3) is 4.58. The molecule has 9 nitrogen and oxygen atoms in total. The summed E-state index contributed by atoms with van der Waals surface area (Å²) in [6.45, 7) is 3.06. The molecule has 174 valence electrons. The number of H-pyrrole nitrogens is 1. The highest BCUT2D eigenvalue weighted by atomic mass is 32.2. The highest BCUT2D eigenvalue weighted by Gasteiger charge is 2.29. The Morgan fingerprint density at radius 1 is 1.15 bits per heavy atom. The number of nitrogens with zero attached hydrogens (tertiary/aromatic N) is 2. The lowest BCUT2D eigenvalue weighted by molar-refractivity contribution is 0.0946. The summed E-state index contributed by atoms with van der Waals surface area (Å²) < 4.78 is 22.6. The summed E-state index contributed by atoms with van der Waals surface area (Å²) in [4.78, 5) is 25.3. The molecule has 10 heteroatoms. The van der Waals surface area contributed by atoms with E-state index < -0.39 is 9.84 Å². The van der Waals surface area contributed by atoms with E-state index in [0.717, 1.165) is 58.8 Å². The number of benzene rings is 1. The predicted octanol–water partition coefficient (Wildman–Crippen LogP) is 1.80. The summed E-state index contributed by atoms with van der Waals surface area (Å²) in [6.07, 6.45) is 3.85. The first kappa shape index (κ1) is 21.8. The van der Waals surface area contributed by atoms with Crippen LogP contribution in [-0.4, -0.2) is 66.5 Å². The molecule has 2 aromatic heterocycles. The number of sulfone groups is 1. The first-order chi connectivity index (χ1) is 15.8. The van der Waals surface area contributed by atoms with Gasteiger partial charge >= 0.3 is 0 Å². The number of aromatic amines is 1. The number of rotatable bonds is 7. The van der Waals surface area contributed by atoms with Crippen molar-refractivity contribution in [3.05, 3.63) is 41.2 Å². The van der Waals surface area contributed by atoms with Crippen LogP contribution < -0.4 is 16.0 Å². The fourth-order valence-corrected chi connectivity index (χ4v) is 4.99. The molecule has 0 saturated heterocycles. The number of nitrogens with one attached hydrogen (secondary N) is 4. The van der Waals surface area contributed by atoms with Gasteiger partial charge in [-0.05, 0) is 31.9 Å². The molecule has 3 aromatic rings. The van der Waals surface area contributed by atoms with Gasteiger partial charge in [0.25, 0.3) is 5.91 Å². The van der Waals surface area contributed by atoms with E-state index in [4.69, 9.17) is 9.97 Å². The number of fused-ring (bicyclic) bond motifs is 2. The quantitative estimate of drug-likeness (QED) is 0.416. The van der Waals surface area contributed by atoms with Gasteiger partial charge in [0.15, 0.2) is 0 Å². The number of hydrogen-bond acceptors (Lipinski definition) is 7.